The van der Waals surface area contributed by atoms with Gasteiger partial charge in [-0.3, -0.25) is 9.59 Å². The average Bonchev–Trinajstić information content (AvgIpc) is 2.86. The van der Waals surface area contributed by atoms with E-state index in [-0.39, 0.29) is 11.8 Å². The number of nitrogens with zero attached hydrogens (tertiary/aromatic N) is 1. The molecule has 102 valence electrons. The van der Waals surface area contributed by atoms with Crippen LogP contribution in [0.2, 0.25) is 0 Å². The lowest BCUT2D eigenvalue weighted by atomic mass is 10.1. The van der Waals surface area contributed by atoms with Crippen LogP contribution >= 0.6 is 0 Å². The molecule has 2 rings (SSSR count). The van der Waals surface area contributed by atoms with Gasteiger partial charge in [-0.25, -0.2) is 0 Å². The van der Waals surface area contributed by atoms with Crippen LogP contribution in [0.5, 0.6) is 0 Å². The second kappa shape index (κ2) is 6.15. The number of likely N-dealkylation sites (tertiary alicyclic amines) is 1. The number of hydrogen-bond donors (Lipinski definition) is 3. The molecule has 0 bridgehead atoms. The number of carbonyl (C=O) groups excluding carboxylic acids is 2. The molecule has 2 aliphatic heterocycles. The Bertz CT molecular complexity index is 315. The first-order chi connectivity index (χ1) is 8.68. The van der Waals surface area contributed by atoms with Gasteiger partial charge in [-0.2, -0.15) is 0 Å². The Morgan fingerprint density at radius 2 is 2.17 bits per heavy atom. The molecule has 2 heterocycles. The van der Waals surface area contributed by atoms with Gasteiger partial charge in [-0.1, -0.05) is 0 Å². The van der Waals surface area contributed by atoms with E-state index in [2.05, 4.69) is 10.6 Å². The molecule has 6 nitrogen and oxygen atoms in total. The Kier molecular flexibility index (Phi) is 4.54. The minimum atomic E-state index is -0.399. The first kappa shape index (κ1) is 13.3. The fraction of sp³-hybridized carbons (Fsp3) is 0.833. The lowest BCUT2D eigenvalue weighted by Gasteiger charge is -2.26. The predicted octanol–water partition coefficient (Wildman–Crippen LogP) is -1.20. The van der Waals surface area contributed by atoms with Crippen molar-refractivity contribution in [1.82, 2.24) is 15.5 Å². The van der Waals surface area contributed by atoms with Crippen LogP contribution in [0.1, 0.15) is 25.7 Å². The van der Waals surface area contributed by atoms with Crippen molar-refractivity contribution in [1.29, 1.82) is 0 Å². The predicted molar refractivity (Wildman–Crippen MR) is 67.8 cm³/mol. The van der Waals surface area contributed by atoms with Crippen LogP contribution < -0.4 is 16.4 Å². The van der Waals surface area contributed by atoms with Crippen molar-refractivity contribution >= 4 is 11.8 Å². The molecule has 0 aliphatic carbocycles. The molecule has 2 amide bonds. The summed E-state index contributed by atoms with van der Waals surface area (Å²) in [5.41, 5.74) is 5.30. The zero-order valence-electron chi connectivity index (χ0n) is 10.7. The summed E-state index contributed by atoms with van der Waals surface area (Å²) in [5, 5.41) is 6.55. The number of rotatable bonds is 4. The van der Waals surface area contributed by atoms with Crippen molar-refractivity contribution < 1.29 is 9.59 Å². The molecule has 4 N–H and O–H groups in total. The van der Waals surface area contributed by atoms with Crippen molar-refractivity contribution in [3.63, 3.8) is 0 Å². The lowest BCUT2D eigenvalue weighted by molar-refractivity contribution is -0.136. The van der Waals surface area contributed by atoms with Gasteiger partial charge in [0.2, 0.25) is 11.8 Å². The summed E-state index contributed by atoms with van der Waals surface area (Å²) in [4.78, 5) is 24.9. The Labute approximate surface area is 107 Å². The Balaban J connectivity index is 1.78. The number of amides is 2. The highest BCUT2D eigenvalue weighted by Gasteiger charge is 2.32. The Morgan fingerprint density at radius 1 is 1.33 bits per heavy atom. The minimum absolute atomic E-state index is 0.0122. The van der Waals surface area contributed by atoms with Gasteiger partial charge < -0.3 is 21.3 Å². The van der Waals surface area contributed by atoms with Gasteiger partial charge in [0.15, 0.2) is 0 Å². The summed E-state index contributed by atoms with van der Waals surface area (Å²) < 4.78 is 0. The monoisotopic (exact) mass is 254 g/mol. The van der Waals surface area contributed by atoms with Crippen LogP contribution in [0, 0.1) is 0 Å². The van der Waals surface area contributed by atoms with Gasteiger partial charge in [0.25, 0.3) is 0 Å². The standard InChI is InChI=1S/C12H22N4O2/c13-12(18)10-4-2-6-16(10)11(17)8-15-9-3-1-5-14-7-9/h9-10,14-15H,1-8H2,(H2,13,18)/t9-,10+/m1/s1. The van der Waals surface area contributed by atoms with Crippen LogP contribution in [-0.2, 0) is 9.59 Å². The maximum Gasteiger partial charge on any atom is 0.240 e. The topological polar surface area (TPSA) is 87.5 Å². The lowest BCUT2D eigenvalue weighted by Crippen LogP contribution is -2.50. The summed E-state index contributed by atoms with van der Waals surface area (Å²) in [5.74, 6) is -0.401. The largest absolute Gasteiger partial charge is 0.368 e. The summed E-state index contributed by atoms with van der Waals surface area (Å²) in [7, 11) is 0. The van der Waals surface area contributed by atoms with Crippen molar-refractivity contribution in [3.8, 4) is 0 Å². The molecule has 2 fully saturated rings. The van der Waals surface area contributed by atoms with Gasteiger partial charge in [0.1, 0.15) is 6.04 Å². The number of nitrogens with two attached hydrogens (primary N) is 1. The van der Waals surface area contributed by atoms with Gasteiger partial charge in [0.05, 0.1) is 6.54 Å². The maximum atomic E-state index is 12.0. The van der Waals surface area contributed by atoms with E-state index in [1.807, 2.05) is 0 Å². The smallest absolute Gasteiger partial charge is 0.240 e. The second-order valence-corrected chi connectivity index (χ2v) is 5.07. The summed E-state index contributed by atoms with van der Waals surface area (Å²) >= 11 is 0. The molecule has 6 heteroatoms. The van der Waals surface area contributed by atoms with Crippen molar-refractivity contribution in [3.05, 3.63) is 0 Å². The van der Waals surface area contributed by atoms with Gasteiger partial charge >= 0.3 is 0 Å². The number of nitrogens with one attached hydrogen (secondary N) is 2. The Hall–Kier alpha value is -1.14. The highest BCUT2D eigenvalue weighted by Crippen LogP contribution is 2.16. The second-order valence-electron chi connectivity index (χ2n) is 5.07. The number of carbonyl (C=O) groups is 2. The van der Waals surface area contributed by atoms with E-state index < -0.39 is 6.04 Å². The van der Waals surface area contributed by atoms with E-state index in [0.717, 1.165) is 32.4 Å². The number of primary amides is 1. The SMILES string of the molecule is NC(=O)[C@@H]1CCCN1C(=O)CN[C@@H]1CCCNC1. The van der Waals surface area contributed by atoms with Crippen molar-refractivity contribution in [2.75, 3.05) is 26.2 Å². The van der Waals surface area contributed by atoms with Gasteiger partial charge in [0, 0.05) is 19.1 Å². The molecular formula is C12H22N4O2. The number of piperidine rings is 1. The molecule has 2 aliphatic rings. The molecule has 0 radical (unpaired) electrons. The van der Waals surface area contributed by atoms with Crippen LogP contribution in [0.25, 0.3) is 0 Å². The Morgan fingerprint density at radius 3 is 2.83 bits per heavy atom. The zero-order valence-corrected chi connectivity index (χ0v) is 10.7. The molecule has 0 aromatic rings. The molecule has 0 spiro atoms. The maximum absolute atomic E-state index is 12.0. The normalized spacial score (nSPS) is 28.3. The molecular weight excluding hydrogens is 232 g/mol. The minimum Gasteiger partial charge on any atom is -0.368 e. The highest BCUT2D eigenvalue weighted by molar-refractivity contribution is 5.88. The summed E-state index contributed by atoms with van der Waals surface area (Å²) in [6.45, 7) is 2.92. The fourth-order valence-electron chi connectivity index (χ4n) is 2.72. The van der Waals surface area contributed by atoms with E-state index in [4.69, 9.17) is 5.73 Å². The van der Waals surface area contributed by atoms with E-state index in [1.165, 1.54) is 0 Å². The summed E-state index contributed by atoms with van der Waals surface area (Å²) in [6, 6.07) is -0.0406. The van der Waals surface area contributed by atoms with Crippen molar-refractivity contribution in [2.24, 2.45) is 5.73 Å². The molecule has 2 atom stereocenters. The quantitative estimate of drug-likeness (QED) is 0.588. The molecule has 0 unspecified atom stereocenters. The third-order valence-corrected chi connectivity index (χ3v) is 3.74. The first-order valence-electron chi connectivity index (χ1n) is 6.71. The van der Waals surface area contributed by atoms with Gasteiger partial charge in [-0.15, -0.1) is 0 Å². The van der Waals surface area contributed by atoms with E-state index >= 15 is 0 Å². The van der Waals surface area contributed by atoms with E-state index in [0.29, 0.717) is 25.6 Å². The van der Waals surface area contributed by atoms with Crippen LogP contribution in [0.15, 0.2) is 0 Å². The highest BCUT2D eigenvalue weighted by atomic mass is 16.2. The van der Waals surface area contributed by atoms with E-state index in [9.17, 15) is 9.59 Å². The van der Waals surface area contributed by atoms with Crippen LogP contribution in [0.4, 0.5) is 0 Å². The van der Waals surface area contributed by atoms with E-state index in [1.54, 1.807) is 4.90 Å². The molecule has 18 heavy (non-hydrogen) atoms. The molecule has 0 aromatic carbocycles. The van der Waals surface area contributed by atoms with Gasteiger partial charge in [-0.05, 0) is 32.2 Å². The summed E-state index contributed by atoms with van der Waals surface area (Å²) in [6.07, 6.45) is 3.80. The fourth-order valence-corrected chi connectivity index (χ4v) is 2.72. The van der Waals surface area contributed by atoms with Crippen LogP contribution in [-0.4, -0.2) is 55.0 Å². The third kappa shape index (κ3) is 3.20. The number of hydrogen-bond acceptors (Lipinski definition) is 4. The first-order valence-corrected chi connectivity index (χ1v) is 6.71. The third-order valence-electron chi connectivity index (χ3n) is 3.74. The molecule has 0 saturated carbocycles. The van der Waals surface area contributed by atoms with Crippen molar-refractivity contribution in [2.45, 2.75) is 37.8 Å². The molecule has 0 aromatic heterocycles. The zero-order chi connectivity index (χ0) is 13.0. The van der Waals surface area contributed by atoms with Crippen LogP contribution in [0.3, 0.4) is 0 Å². The average molecular weight is 254 g/mol. The molecule has 2 saturated heterocycles.